The Kier molecular flexibility index (Phi) is 8.86. The van der Waals surface area contributed by atoms with Crippen molar-refractivity contribution in [2.24, 2.45) is 0 Å². The summed E-state index contributed by atoms with van der Waals surface area (Å²) in [5, 5.41) is 2.57. The van der Waals surface area contributed by atoms with Gasteiger partial charge in [0.05, 0.1) is 0 Å². The molecule has 0 radical (unpaired) electrons. The van der Waals surface area contributed by atoms with Crippen LogP contribution in [0, 0.1) is 0 Å². The van der Waals surface area contributed by atoms with Crippen molar-refractivity contribution in [2.45, 2.75) is 13.8 Å². The number of hydrogen-bond acceptors (Lipinski definition) is 1. The number of amides is 1. The van der Waals surface area contributed by atoms with Crippen LogP contribution in [-0.2, 0) is 4.79 Å². The second-order valence-electron chi connectivity index (χ2n) is 1.09. The summed E-state index contributed by atoms with van der Waals surface area (Å²) >= 11 is 0. The fourth-order valence-electron chi connectivity index (χ4n) is 0.249. The van der Waals surface area contributed by atoms with Crippen LogP contribution in [0.15, 0.2) is 0 Å². The van der Waals surface area contributed by atoms with E-state index in [9.17, 15) is 4.79 Å². The van der Waals surface area contributed by atoms with E-state index in [1.807, 2.05) is 6.92 Å². The van der Waals surface area contributed by atoms with E-state index in [1.165, 1.54) is 6.92 Å². The molecular weight excluding hydrogens is 148 g/mol. The first-order valence-electron chi connectivity index (χ1n) is 2.01. The predicted molar refractivity (Wildman–Crippen MR) is 34.3 cm³/mol. The van der Waals surface area contributed by atoms with E-state index in [2.05, 4.69) is 5.32 Å². The van der Waals surface area contributed by atoms with Gasteiger partial charge in [-0.05, 0) is 6.92 Å². The van der Waals surface area contributed by atoms with Gasteiger partial charge in [-0.3, -0.25) is 4.79 Å². The van der Waals surface area contributed by atoms with Crippen molar-refractivity contribution in [1.29, 1.82) is 0 Å². The Morgan fingerprint density at radius 3 is 2.14 bits per heavy atom. The Morgan fingerprint density at radius 1 is 1.71 bits per heavy atom. The van der Waals surface area contributed by atoms with Crippen molar-refractivity contribution in [3.05, 3.63) is 0 Å². The zero-order valence-electron chi connectivity index (χ0n) is 4.12. The van der Waals surface area contributed by atoms with E-state index in [-0.39, 0.29) is 25.7 Å². The van der Waals surface area contributed by atoms with Gasteiger partial charge in [0.15, 0.2) is 0 Å². The molecule has 0 rings (SSSR count). The van der Waals surface area contributed by atoms with Gasteiger partial charge >= 0.3 is 19.8 Å². The normalized spacial score (nSPS) is 6.57. The van der Waals surface area contributed by atoms with Crippen molar-refractivity contribution >= 4 is 25.7 Å². The van der Waals surface area contributed by atoms with Gasteiger partial charge < -0.3 is 5.32 Å². The van der Waals surface area contributed by atoms with Gasteiger partial charge in [-0.15, -0.1) is 0 Å². The zero-order chi connectivity index (χ0) is 4.99. The molecule has 0 aliphatic carbocycles. The van der Waals surface area contributed by atoms with Crippen LogP contribution in [0.5, 0.6) is 0 Å². The number of rotatable bonds is 1. The van der Waals surface area contributed by atoms with Crippen molar-refractivity contribution in [2.75, 3.05) is 6.54 Å². The van der Waals surface area contributed by atoms with Crippen LogP contribution >= 0.6 is 0 Å². The Bertz CT molecular complexity index is 55.7. The molecule has 7 heavy (non-hydrogen) atoms. The Morgan fingerprint density at radius 2 is 2.14 bits per heavy atom. The molecule has 0 aromatic rings. The average molecular weight is 160 g/mol. The third-order valence-corrected chi connectivity index (χ3v) is 0.426. The first-order valence-corrected chi connectivity index (χ1v) is 2.01. The molecule has 3 heteroatoms. The van der Waals surface area contributed by atoms with Crippen molar-refractivity contribution < 1.29 is 4.79 Å². The molecule has 0 unspecified atom stereocenters. The van der Waals surface area contributed by atoms with Gasteiger partial charge in [0.25, 0.3) is 0 Å². The van der Waals surface area contributed by atoms with E-state index >= 15 is 0 Å². The summed E-state index contributed by atoms with van der Waals surface area (Å²) in [5.74, 6) is 0.0394. The average Bonchev–Trinajstić information content (AvgIpc) is 1.35. The van der Waals surface area contributed by atoms with Crippen LogP contribution in [0.3, 0.4) is 0 Å². The fraction of sp³-hybridized carbons (Fsp3) is 0.750. The van der Waals surface area contributed by atoms with E-state index < -0.39 is 0 Å². The molecule has 0 aromatic carbocycles. The first-order chi connectivity index (χ1) is 2.77. The summed E-state index contributed by atoms with van der Waals surface area (Å²) in [6.07, 6.45) is 0. The van der Waals surface area contributed by atoms with Gasteiger partial charge in [0, 0.05) is 13.5 Å². The Hall–Kier alpha value is 0.106. The fourth-order valence-corrected chi connectivity index (χ4v) is 0.249. The zero-order valence-corrected chi connectivity index (χ0v) is 4.12. The van der Waals surface area contributed by atoms with Gasteiger partial charge in [0.1, 0.15) is 0 Å². The van der Waals surface area contributed by atoms with E-state index in [0.29, 0.717) is 0 Å². The predicted octanol–water partition coefficient (Wildman–Crippen LogP) is -1.04. The molecule has 2 nitrogen and oxygen atoms in total. The SMILES string of the molecule is CCNC(C)=O.[GaH3]. The van der Waals surface area contributed by atoms with Crippen LogP contribution in [-0.4, -0.2) is 32.2 Å². The number of nitrogens with one attached hydrogen (secondary N) is 1. The maximum atomic E-state index is 9.93. The third-order valence-electron chi connectivity index (χ3n) is 0.426. The first kappa shape index (κ1) is 10.2. The maximum absolute atomic E-state index is 9.93. The van der Waals surface area contributed by atoms with Gasteiger partial charge in [-0.1, -0.05) is 0 Å². The summed E-state index contributed by atoms with van der Waals surface area (Å²) in [7, 11) is 0. The van der Waals surface area contributed by atoms with Gasteiger partial charge in [-0.25, -0.2) is 0 Å². The second-order valence-corrected chi connectivity index (χ2v) is 1.09. The summed E-state index contributed by atoms with van der Waals surface area (Å²) in [5.41, 5.74) is 0. The van der Waals surface area contributed by atoms with Crippen LogP contribution in [0.2, 0.25) is 0 Å². The monoisotopic (exact) mass is 159 g/mol. The van der Waals surface area contributed by atoms with Gasteiger partial charge in [-0.2, -0.15) is 0 Å². The van der Waals surface area contributed by atoms with E-state index in [1.54, 1.807) is 0 Å². The molecule has 0 bridgehead atoms. The van der Waals surface area contributed by atoms with E-state index in [4.69, 9.17) is 0 Å². The molecule has 0 fully saturated rings. The minimum atomic E-state index is 0. The molecule has 0 aromatic heterocycles. The quantitative estimate of drug-likeness (QED) is 0.487. The Balaban J connectivity index is 0. The third kappa shape index (κ3) is 10.7. The standard InChI is InChI=1S/C4H9NO.Ga.3H/c1-3-5-4(2)6;;;;/h3H2,1-2H3,(H,5,6);;;;. The van der Waals surface area contributed by atoms with Crippen LogP contribution in [0.1, 0.15) is 13.8 Å². The molecule has 1 amide bonds. The van der Waals surface area contributed by atoms with Crippen molar-refractivity contribution in [3.8, 4) is 0 Å². The molecular formula is C4H12GaNO. The summed E-state index contributed by atoms with van der Waals surface area (Å²) in [4.78, 5) is 9.93. The Labute approximate surface area is 56.7 Å². The van der Waals surface area contributed by atoms with Crippen LogP contribution < -0.4 is 5.32 Å². The number of carbonyl (C=O) groups excluding carboxylic acids is 1. The van der Waals surface area contributed by atoms with Crippen molar-refractivity contribution in [1.82, 2.24) is 5.32 Å². The number of carbonyl (C=O) groups is 1. The molecule has 0 atom stereocenters. The molecule has 0 spiro atoms. The van der Waals surface area contributed by atoms with Crippen LogP contribution in [0.25, 0.3) is 0 Å². The second kappa shape index (κ2) is 6.11. The topological polar surface area (TPSA) is 29.1 Å². The van der Waals surface area contributed by atoms with E-state index in [0.717, 1.165) is 6.54 Å². The van der Waals surface area contributed by atoms with Crippen molar-refractivity contribution in [3.63, 3.8) is 0 Å². The summed E-state index contributed by atoms with van der Waals surface area (Å²) < 4.78 is 0. The molecule has 0 saturated heterocycles. The molecule has 42 valence electrons. The molecule has 1 N–H and O–H groups in total. The minimum absolute atomic E-state index is 0. The summed E-state index contributed by atoms with van der Waals surface area (Å²) in [6.45, 7) is 4.13. The number of hydrogen-bond donors (Lipinski definition) is 1. The summed E-state index contributed by atoms with van der Waals surface area (Å²) in [6, 6.07) is 0. The van der Waals surface area contributed by atoms with Gasteiger partial charge in [0.2, 0.25) is 5.91 Å². The molecule has 0 aliphatic heterocycles. The molecule has 0 saturated carbocycles. The molecule has 0 heterocycles. The molecule has 0 aliphatic rings. The van der Waals surface area contributed by atoms with Crippen LogP contribution in [0.4, 0.5) is 0 Å².